The average Bonchev–Trinajstić information content (AvgIpc) is 2.78. The molecule has 2 aliphatic carbocycles. The maximum absolute atomic E-state index is 10.8. The highest BCUT2D eigenvalue weighted by Crippen LogP contribution is 2.60. The third kappa shape index (κ3) is 0.988. The number of rotatable bonds is 1. The summed E-state index contributed by atoms with van der Waals surface area (Å²) in [5.41, 5.74) is 0.508. The van der Waals surface area contributed by atoms with E-state index in [1.165, 1.54) is 26.4 Å². The molecule has 2 fully saturated rings. The Balaban J connectivity index is 1.83. The van der Waals surface area contributed by atoms with Gasteiger partial charge in [-0.05, 0) is 31.1 Å². The second kappa shape index (κ2) is 2.13. The van der Waals surface area contributed by atoms with Gasteiger partial charge in [0.25, 0.3) is 0 Å². The summed E-state index contributed by atoms with van der Waals surface area (Å²) < 4.78 is 4.53. The summed E-state index contributed by atoms with van der Waals surface area (Å²) in [7, 11) is 1.41. The minimum Gasteiger partial charge on any atom is -0.453 e. The Morgan fingerprint density at radius 1 is 1.55 bits per heavy atom. The lowest BCUT2D eigenvalue weighted by atomic mass is 9.76. The molecular formula is C8H13NO2. The van der Waals surface area contributed by atoms with Crippen molar-refractivity contribution < 1.29 is 9.53 Å². The predicted molar refractivity (Wildman–Crippen MR) is 40.2 cm³/mol. The Morgan fingerprint density at radius 2 is 2.27 bits per heavy atom. The Bertz CT molecular complexity index is 187. The average molecular weight is 155 g/mol. The van der Waals surface area contributed by atoms with Crippen LogP contribution in [0.2, 0.25) is 0 Å². The van der Waals surface area contributed by atoms with E-state index < -0.39 is 0 Å². The number of ether oxygens (including phenoxy) is 1. The summed E-state index contributed by atoms with van der Waals surface area (Å²) in [6, 6.07) is 0.412. The first-order valence-electron chi connectivity index (χ1n) is 4.11. The van der Waals surface area contributed by atoms with E-state index in [2.05, 4.69) is 10.1 Å². The van der Waals surface area contributed by atoms with Crippen LogP contribution in [0.3, 0.4) is 0 Å². The normalized spacial score (nSPS) is 30.8. The molecule has 0 aliphatic heterocycles. The molecule has 3 heteroatoms. The van der Waals surface area contributed by atoms with Crippen LogP contribution in [-0.2, 0) is 4.74 Å². The molecule has 0 saturated heterocycles. The molecule has 1 unspecified atom stereocenters. The van der Waals surface area contributed by atoms with Gasteiger partial charge < -0.3 is 10.1 Å². The van der Waals surface area contributed by atoms with Crippen molar-refractivity contribution in [2.75, 3.05) is 7.11 Å². The molecule has 11 heavy (non-hydrogen) atoms. The van der Waals surface area contributed by atoms with Crippen LogP contribution < -0.4 is 5.32 Å². The van der Waals surface area contributed by atoms with E-state index in [-0.39, 0.29) is 6.09 Å². The van der Waals surface area contributed by atoms with Gasteiger partial charge in [-0.2, -0.15) is 0 Å². The number of methoxy groups -OCH3 is 1. The molecule has 0 radical (unpaired) electrons. The van der Waals surface area contributed by atoms with Crippen LogP contribution in [0.5, 0.6) is 0 Å². The first-order chi connectivity index (χ1) is 5.27. The molecule has 2 rings (SSSR count). The lowest BCUT2D eigenvalue weighted by Gasteiger charge is -2.37. The summed E-state index contributed by atoms with van der Waals surface area (Å²) in [5, 5.41) is 2.86. The fraction of sp³-hybridized carbons (Fsp3) is 0.875. The summed E-state index contributed by atoms with van der Waals surface area (Å²) in [6.45, 7) is 0. The van der Waals surface area contributed by atoms with Gasteiger partial charge in [0.15, 0.2) is 0 Å². The largest absolute Gasteiger partial charge is 0.453 e. The second-order valence-corrected chi connectivity index (χ2v) is 3.59. The van der Waals surface area contributed by atoms with E-state index in [1.807, 2.05) is 0 Å². The van der Waals surface area contributed by atoms with Gasteiger partial charge in [-0.1, -0.05) is 0 Å². The van der Waals surface area contributed by atoms with Gasteiger partial charge in [0.2, 0.25) is 0 Å². The van der Waals surface area contributed by atoms with Crippen molar-refractivity contribution in [2.24, 2.45) is 5.41 Å². The number of hydrogen-bond acceptors (Lipinski definition) is 2. The van der Waals surface area contributed by atoms with Crippen molar-refractivity contribution >= 4 is 6.09 Å². The van der Waals surface area contributed by atoms with Crippen LogP contribution in [0.1, 0.15) is 25.7 Å². The van der Waals surface area contributed by atoms with E-state index in [4.69, 9.17) is 0 Å². The standard InChI is InChI=1S/C8H13NO2/c1-11-7(10)9-6-2-3-8(6)4-5-8/h6H,2-5H2,1H3,(H,9,10). The zero-order chi connectivity index (χ0) is 7.90. The number of nitrogens with one attached hydrogen (secondary N) is 1. The Kier molecular flexibility index (Phi) is 1.34. The predicted octanol–water partition coefficient (Wildman–Crippen LogP) is 1.28. The molecule has 1 amide bonds. The van der Waals surface area contributed by atoms with Gasteiger partial charge in [-0.3, -0.25) is 0 Å². The summed E-state index contributed by atoms with van der Waals surface area (Å²) >= 11 is 0. The minimum absolute atomic E-state index is 0.277. The van der Waals surface area contributed by atoms with E-state index in [0.717, 1.165) is 6.42 Å². The maximum atomic E-state index is 10.8. The van der Waals surface area contributed by atoms with Crippen LogP contribution in [0.25, 0.3) is 0 Å². The third-order valence-electron chi connectivity index (χ3n) is 3.04. The van der Waals surface area contributed by atoms with Gasteiger partial charge in [0.05, 0.1) is 7.11 Å². The van der Waals surface area contributed by atoms with Crippen molar-refractivity contribution in [3.8, 4) is 0 Å². The summed E-state index contributed by atoms with van der Waals surface area (Å²) in [6.07, 6.45) is 4.74. The molecule has 0 aromatic rings. The van der Waals surface area contributed by atoms with Gasteiger partial charge in [0, 0.05) is 6.04 Å². The first kappa shape index (κ1) is 6.95. The van der Waals surface area contributed by atoms with E-state index in [9.17, 15) is 4.79 Å². The first-order valence-corrected chi connectivity index (χ1v) is 4.11. The number of carbonyl (C=O) groups is 1. The molecule has 1 atom stereocenters. The Labute approximate surface area is 66.1 Å². The van der Waals surface area contributed by atoms with Gasteiger partial charge >= 0.3 is 6.09 Å². The number of alkyl carbamates (subject to hydrolysis) is 1. The van der Waals surface area contributed by atoms with Crippen molar-refractivity contribution in [3.05, 3.63) is 0 Å². The molecule has 1 N–H and O–H groups in total. The zero-order valence-electron chi connectivity index (χ0n) is 6.72. The highest BCUT2D eigenvalue weighted by Gasteiger charge is 2.56. The molecule has 0 aromatic heterocycles. The summed E-state index contributed by atoms with van der Waals surface area (Å²) in [4.78, 5) is 10.8. The highest BCUT2D eigenvalue weighted by atomic mass is 16.5. The van der Waals surface area contributed by atoms with E-state index in [1.54, 1.807) is 0 Å². The van der Waals surface area contributed by atoms with E-state index in [0.29, 0.717) is 11.5 Å². The highest BCUT2D eigenvalue weighted by molar-refractivity contribution is 5.67. The molecule has 62 valence electrons. The molecule has 2 aliphatic rings. The van der Waals surface area contributed by atoms with Crippen LogP contribution in [0.15, 0.2) is 0 Å². The van der Waals surface area contributed by atoms with Gasteiger partial charge in [-0.25, -0.2) is 4.79 Å². The van der Waals surface area contributed by atoms with Gasteiger partial charge in [0.1, 0.15) is 0 Å². The fourth-order valence-corrected chi connectivity index (χ4v) is 1.88. The Hall–Kier alpha value is -0.730. The summed E-state index contributed by atoms with van der Waals surface area (Å²) in [5.74, 6) is 0. The maximum Gasteiger partial charge on any atom is 0.407 e. The molecule has 0 aromatic carbocycles. The smallest absolute Gasteiger partial charge is 0.407 e. The minimum atomic E-state index is -0.277. The van der Waals surface area contributed by atoms with Crippen LogP contribution >= 0.6 is 0 Å². The van der Waals surface area contributed by atoms with Crippen molar-refractivity contribution in [1.29, 1.82) is 0 Å². The van der Waals surface area contributed by atoms with Crippen molar-refractivity contribution in [2.45, 2.75) is 31.7 Å². The number of amides is 1. The molecule has 3 nitrogen and oxygen atoms in total. The number of carbonyl (C=O) groups excluding carboxylic acids is 1. The van der Waals surface area contributed by atoms with Gasteiger partial charge in [-0.15, -0.1) is 0 Å². The van der Waals surface area contributed by atoms with Crippen LogP contribution in [-0.4, -0.2) is 19.2 Å². The van der Waals surface area contributed by atoms with Crippen LogP contribution in [0.4, 0.5) is 4.79 Å². The SMILES string of the molecule is COC(=O)NC1CCC12CC2. The van der Waals surface area contributed by atoms with E-state index >= 15 is 0 Å². The Morgan fingerprint density at radius 3 is 2.64 bits per heavy atom. The lowest BCUT2D eigenvalue weighted by Crippen LogP contribution is -2.48. The lowest BCUT2D eigenvalue weighted by molar-refractivity contribution is 0.134. The molecule has 0 heterocycles. The van der Waals surface area contributed by atoms with Crippen LogP contribution in [0, 0.1) is 5.41 Å². The number of hydrogen-bond donors (Lipinski definition) is 1. The second-order valence-electron chi connectivity index (χ2n) is 3.59. The zero-order valence-corrected chi connectivity index (χ0v) is 6.72. The molecule has 2 saturated carbocycles. The quantitative estimate of drug-likeness (QED) is 0.619. The molecule has 1 spiro atoms. The third-order valence-corrected chi connectivity index (χ3v) is 3.04. The molecule has 0 bridgehead atoms. The van der Waals surface area contributed by atoms with Crippen molar-refractivity contribution in [1.82, 2.24) is 5.32 Å². The fourth-order valence-electron chi connectivity index (χ4n) is 1.88. The topological polar surface area (TPSA) is 38.3 Å². The monoisotopic (exact) mass is 155 g/mol. The van der Waals surface area contributed by atoms with Crippen molar-refractivity contribution in [3.63, 3.8) is 0 Å². The molecular weight excluding hydrogens is 142 g/mol.